The molecule has 0 aliphatic carbocycles. The molecule has 1 amide bonds. The molecule has 0 spiro atoms. The summed E-state index contributed by atoms with van der Waals surface area (Å²) in [6.45, 7) is 9.54. The summed E-state index contributed by atoms with van der Waals surface area (Å²) >= 11 is 0. The van der Waals surface area contributed by atoms with Crippen molar-refractivity contribution in [3.8, 4) is 5.75 Å². The first-order chi connectivity index (χ1) is 12.4. The molecular formula is C21H27N3O2. The molecule has 5 nitrogen and oxygen atoms in total. The van der Waals surface area contributed by atoms with Crippen LogP contribution < -0.4 is 15.0 Å². The Morgan fingerprint density at radius 1 is 1.12 bits per heavy atom. The Morgan fingerprint density at radius 3 is 2.31 bits per heavy atom. The van der Waals surface area contributed by atoms with E-state index in [0.717, 1.165) is 30.2 Å². The molecule has 1 saturated heterocycles. The molecule has 1 aliphatic rings. The predicted molar refractivity (Wildman–Crippen MR) is 104 cm³/mol. The average Bonchev–Trinajstić information content (AvgIpc) is 2.58. The van der Waals surface area contributed by atoms with Crippen molar-refractivity contribution in [2.24, 2.45) is 0 Å². The van der Waals surface area contributed by atoms with Gasteiger partial charge in [0.05, 0.1) is 19.1 Å². The number of ether oxygens (including phenoxy) is 1. The largest absolute Gasteiger partial charge is 0.487 e. The summed E-state index contributed by atoms with van der Waals surface area (Å²) in [5, 5.41) is 2.88. The van der Waals surface area contributed by atoms with Crippen LogP contribution in [-0.4, -0.2) is 30.1 Å². The van der Waals surface area contributed by atoms with Gasteiger partial charge in [-0.3, -0.25) is 4.79 Å². The van der Waals surface area contributed by atoms with Crippen LogP contribution in [0.25, 0.3) is 0 Å². The van der Waals surface area contributed by atoms with Crippen LogP contribution in [0.4, 0.5) is 5.82 Å². The van der Waals surface area contributed by atoms with Crippen molar-refractivity contribution in [2.75, 3.05) is 18.0 Å². The second-order valence-electron chi connectivity index (χ2n) is 7.24. The van der Waals surface area contributed by atoms with E-state index in [4.69, 9.17) is 4.74 Å². The zero-order valence-corrected chi connectivity index (χ0v) is 15.9. The molecule has 1 aliphatic heterocycles. The summed E-state index contributed by atoms with van der Waals surface area (Å²) in [5.41, 5.74) is 2.33. The lowest BCUT2D eigenvalue weighted by molar-refractivity contribution is -0.119. The third kappa shape index (κ3) is 4.34. The number of nitrogens with one attached hydrogen (secondary N) is 1. The molecule has 2 aromatic rings. The molecule has 138 valence electrons. The van der Waals surface area contributed by atoms with Crippen molar-refractivity contribution < 1.29 is 9.53 Å². The van der Waals surface area contributed by atoms with E-state index >= 15 is 0 Å². The zero-order chi connectivity index (χ0) is 18.7. The molecule has 26 heavy (non-hydrogen) atoms. The van der Waals surface area contributed by atoms with E-state index in [-0.39, 0.29) is 18.1 Å². The number of anilines is 1. The van der Waals surface area contributed by atoms with Crippen LogP contribution in [0.1, 0.15) is 50.8 Å². The van der Waals surface area contributed by atoms with Gasteiger partial charge >= 0.3 is 0 Å². The second kappa shape index (κ2) is 7.77. The Kier molecular flexibility index (Phi) is 5.45. The Morgan fingerprint density at radius 2 is 1.77 bits per heavy atom. The Hall–Kier alpha value is -2.56. The minimum atomic E-state index is -0.0255. The van der Waals surface area contributed by atoms with E-state index in [9.17, 15) is 4.79 Å². The highest BCUT2D eigenvalue weighted by atomic mass is 16.5. The van der Waals surface area contributed by atoms with Gasteiger partial charge in [-0.1, -0.05) is 32.0 Å². The normalized spacial score (nSPS) is 15.5. The fraction of sp³-hybridized carbons (Fsp3) is 0.429. The summed E-state index contributed by atoms with van der Waals surface area (Å²) in [4.78, 5) is 17.9. The van der Waals surface area contributed by atoms with Crippen LogP contribution in [-0.2, 0) is 4.79 Å². The van der Waals surface area contributed by atoms with Crippen molar-refractivity contribution in [3.63, 3.8) is 0 Å². The van der Waals surface area contributed by atoms with E-state index in [1.165, 1.54) is 12.5 Å². The summed E-state index contributed by atoms with van der Waals surface area (Å²) in [7, 11) is 0. The molecule has 2 heterocycles. The maximum atomic E-state index is 11.1. The van der Waals surface area contributed by atoms with Crippen LogP contribution in [0.15, 0.2) is 42.6 Å². The quantitative estimate of drug-likeness (QED) is 0.861. The lowest BCUT2D eigenvalue weighted by Crippen LogP contribution is -2.54. The SMILES string of the molecule is CC(=O)NC(C)c1ccc(OC2CN(c3ccc(C(C)C)cn3)C2)cc1. The molecule has 1 atom stereocenters. The number of rotatable bonds is 6. The molecule has 0 bridgehead atoms. The average molecular weight is 353 g/mol. The summed E-state index contributed by atoms with van der Waals surface area (Å²) in [5.74, 6) is 2.34. The van der Waals surface area contributed by atoms with Gasteiger partial charge in [-0.25, -0.2) is 4.98 Å². The van der Waals surface area contributed by atoms with Gasteiger partial charge in [0.25, 0.3) is 0 Å². The maximum Gasteiger partial charge on any atom is 0.217 e. The Bertz CT molecular complexity index is 735. The first-order valence-corrected chi connectivity index (χ1v) is 9.17. The van der Waals surface area contributed by atoms with Gasteiger partial charge in [0, 0.05) is 13.1 Å². The van der Waals surface area contributed by atoms with Gasteiger partial charge in [-0.05, 0) is 42.2 Å². The fourth-order valence-electron chi connectivity index (χ4n) is 3.04. The lowest BCUT2D eigenvalue weighted by atomic mass is 10.1. The number of benzene rings is 1. The number of amides is 1. The molecule has 5 heteroatoms. The highest BCUT2D eigenvalue weighted by Crippen LogP contribution is 2.25. The van der Waals surface area contributed by atoms with Crippen LogP contribution in [0.5, 0.6) is 5.75 Å². The summed E-state index contributed by atoms with van der Waals surface area (Å²) in [6.07, 6.45) is 2.14. The number of carbonyl (C=O) groups is 1. The first-order valence-electron chi connectivity index (χ1n) is 9.17. The monoisotopic (exact) mass is 353 g/mol. The molecule has 1 unspecified atom stereocenters. The van der Waals surface area contributed by atoms with E-state index in [1.807, 2.05) is 37.4 Å². The van der Waals surface area contributed by atoms with Crippen molar-refractivity contribution in [3.05, 3.63) is 53.7 Å². The number of hydrogen-bond donors (Lipinski definition) is 1. The summed E-state index contributed by atoms with van der Waals surface area (Å²) in [6, 6.07) is 12.2. The van der Waals surface area contributed by atoms with E-state index in [1.54, 1.807) is 0 Å². The van der Waals surface area contributed by atoms with Crippen molar-refractivity contribution in [1.29, 1.82) is 0 Å². The summed E-state index contributed by atoms with van der Waals surface area (Å²) < 4.78 is 6.02. The van der Waals surface area contributed by atoms with E-state index < -0.39 is 0 Å². The van der Waals surface area contributed by atoms with Crippen molar-refractivity contribution >= 4 is 11.7 Å². The van der Waals surface area contributed by atoms with Gasteiger partial charge < -0.3 is 15.0 Å². The highest BCUT2D eigenvalue weighted by molar-refractivity contribution is 5.73. The third-order valence-corrected chi connectivity index (χ3v) is 4.71. The Labute approximate surface area is 155 Å². The van der Waals surface area contributed by atoms with Gasteiger partial charge in [-0.15, -0.1) is 0 Å². The number of carbonyl (C=O) groups excluding carboxylic acids is 1. The number of pyridine rings is 1. The molecule has 1 aromatic carbocycles. The minimum Gasteiger partial charge on any atom is -0.487 e. The van der Waals surface area contributed by atoms with Crippen LogP contribution in [0, 0.1) is 0 Å². The highest BCUT2D eigenvalue weighted by Gasteiger charge is 2.29. The molecule has 3 rings (SSSR count). The van der Waals surface area contributed by atoms with Crippen LogP contribution in [0.3, 0.4) is 0 Å². The van der Waals surface area contributed by atoms with E-state index in [2.05, 4.69) is 41.2 Å². The van der Waals surface area contributed by atoms with Gasteiger partial charge in [-0.2, -0.15) is 0 Å². The molecule has 0 saturated carbocycles. The predicted octanol–water partition coefficient (Wildman–Crippen LogP) is 3.67. The third-order valence-electron chi connectivity index (χ3n) is 4.71. The van der Waals surface area contributed by atoms with Gasteiger partial charge in [0.15, 0.2) is 0 Å². The molecule has 1 fully saturated rings. The van der Waals surface area contributed by atoms with Crippen molar-refractivity contribution in [2.45, 2.75) is 45.8 Å². The molecule has 0 radical (unpaired) electrons. The fourth-order valence-corrected chi connectivity index (χ4v) is 3.04. The second-order valence-corrected chi connectivity index (χ2v) is 7.24. The smallest absolute Gasteiger partial charge is 0.217 e. The first kappa shape index (κ1) is 18.2. The number of nitrogens with zero attached hydrogens (tertiary/aromatic N) is 2. The van der Waals surface area contributed by atoms with Gasteiger partial charge in [0.2, 0.25) is 5.91 Å². The van der Waals surface area contributed by atoms with Crippen LogP contribution >= 0.6 is 0 Å². The van der Waals surface area contributed by atoms with Crippen LogP contribution in [0.2, 0.25) is 0 Å². The van der Waals surface area contributed by atoms with Gasteiger partial charge in [0.1, 0.15) is 17.7 Å². The standard InChI is InChI=1S/C21H27N3O2/c1-14(2)18-7-10-21(22-11-18)24-12-20(13-24)26-19-8-5-17(6-9-19)15(3)23-16(4)25/h5-11,14-15,20H,12-13H2,1-4H3,(H,23,25). The Balaban J connectivity index is 1.50. The molecular weight excluding hydrogens is 326 g/mol. The molecule has 1 N–H and O–H groups in total. The topological polar surface area (TPSA) is 54.5 Å². The van der Waals surface area contributed by atoms with E-state index in [0.29, 0.717) is 5.92 Å². The maximum absolute atomic E-state index is 11.1. The number of aromatic nitrogens is 1. The molecule has 1 aromatic heterocycles. The number of hydrogen-bond acceptors (Lipinski definition) is 4. The lowest BCUT2D eigenvalue weighted by Gasteiger charge is -2.39. The van der Waals surface area contributed by atoms with Crippen molar-refractivity contribution in [1.82, 2.24) is 10.3 Å². The minimum absolute atomic E-state index is 0.000583. The zero-order valence-electron chi connectivity index (χ0n) is 15.9.